The van der Waals surface area contributed by atoms with E-state index in [1.165, 1.54) is 11.3 Å². The first-order chi connectivity index (χ1) is 9.16. The van der Waals surface area contributed by atoms with Crippen molar-refractivity contribution in [3.63, 3.8) is 0 Å². The van der Waals surface area contributed by atoms with Gasteiger partial charge in [0.15, 0.2) is 10.8 Å². The van der Waals surface area contributed by atoms with Gasteiger partial charge in [-0.25, -0.2) is 4.98 Å². The number of rotatable bonds is 5. The first-order valence-electron chi connectivity index (χ1n) is 5.38. The Morgan fingerprint density at radius 1 is 1.42 bits per heavy atom. The Morgan fingerprint density at radius 2 is 2.16 bits per heavy atom. The summed E-state index contributed by atoms with van der Waals surface area (Å²) in [4.78, 5) is 20.2. The molecule has 6 nitrogen and oxygen atoms in total. The summed E-state index contributed by atoms with van der Waals surface area (Å²) in [5.41, 5.74) is 13.6. The van der Waals surface area contributed by atoms with Crippen molar-refractivity contribution in [2.24, 2.45) is 5.16 Å². The number of benzene rings is 1. The Kier molecular flexibility index (Phi) is 4.09. The van der Waals surface area contributed by atoms with Crippen LogP contribution in [-0.4, -0.2) is 16.6 Å². The number of hydrogen-bond acceptors (Lipinski definition) is 6. The molecule has 0 unspecified atom stereocenters. The molecule has 1 radical (unpaired) electrons. The molecule has 97 valence electrons. The number of carbonyl (C=O) groups excluding carboxylic acids is 1. The smallest absolute Gasteiger partial charge is 0.294 e. The lowest BCUT2D eigenvalue weighted by Gasteiger charge is -2.01. The molecule has 0 saturated carbocycles. The van der Waals surface area contributed by atoms with E-state index in [1.807, 2.05) is 30.3 Å². The third-order valence-corrected chi connectivity index (χ3v) is 2.88. The highest BCUT2D eigenvalue weighted by molar-refractivity contribution is 7.13. The maximum absolute atomic E-state index is 11.2. The van der Waals surface area contributed by atoms with E-state index in [-0.39, 0.29) is 18.0 Å². The fraction of sp³-hybridized carbons (Fsp3) is 0.0833. The second-order valence-corrected chi connectivity index (χ2v) is 4.49. The third-order valence-electron chi connectivity index (χ3n) is 2.21. The molecule has 0 fully saturated rings. The van der Waals surface area contributed by atoms with Gasteiger partial charge in [-0.05, 0) is 5.56 Å². The monoisotopic (exact) mass is 275 g/mol. The number of amides is 1. The van der Waals surface area contributed by atoms with Crippen molar-refractivity contribution in [3.8, 4) is 0 Å². The van der Waals surface area contributed by atoms with E-state index in [1.54, 1.807) is 5.38 Å². The molecule has 0 aliphatic carbocycles. The van der Waals surface area contributed by atoms with Crippen molar-refractivity contribution in [1.82, 2.24) is 10.7 Å². The molecule has 0 atom stereocenters. The van der Waals surface area contributed by atoms with Gasteiger partial charge < -0.3 is 10.6 Å². The summed E-state index contributed by atoms with van der Waals surface area (Å²) >= 11 is 1.17. The Hall–Kier alpha value is -2.41. The van der Waals surface area contributed by atoms with Crippen LogP contribution in [0.5, 0.6) is 0 Å². The molecule has 0 aliphatic rings. The summed E-state index contributed by atoms with van der Waals surface area (Å²) in [6.07, 6.45) is 0. The topological polar surface area (TPSA) is 101 Å². The number of oxime groups is 1. The molecule has 7 heteroatoms. The van der Waals surface area contributed by atoms with Crippen LogP contribution in [0, 0.1) is 0 Å². The summed E-state index contributed by atoms with van der Waals surface area (Å²) in [5, 5.41) is 5.54. The van der Waals surface area contributed by atoms with Gasteiger partial charge in [-0.3, -0.25) is 10.5 Å². The molecule has 1 heterocycles. The van der Waals surface area contributed by atoms with Gasteiger partial charge >= 0.3 is 0 Å². The third kappa shape index (κ3) is 3.52. The minimum atomic E-state index is -0.960. The van der Waals surface area contributed by atoms with Crippen molar-refractivity contribution >= 4 is 28.1 Å². The number of nitrogens with one attached hydrogen (secondary N) is 1. The van der Waals surface area contributed by atoms with Crippen molar-refractivity contribution in [1.29, 1.82) is 0 Å². The lowest BCUT2D eigenvalue weighted by atomic mass is 10.2. The van der Waals surface area contributed by atoms with Gasteiger partial charge in [-0.2, -0.15) is 0 Å². The fourth-order valence-corrected chi connectivity index (χ4v) is 1.89. The Bertz CT molecular complexity index is 595. The van der Waals surface area contributed by atoms with Crippen LogP contribution >= 0.6 is 11.3 Å². The molecule has 1 aromatic heterocycles. The highest BCUT2D eigenvalue weighted by Gasteiger charge is 2.15. The average Bonchev–Trinajstić information content (AvgIpc) is 2.82. The molecule has 1 aromatic carbocycles. The van der Waals surface area contributed by atoms with Crippen LogP contribution in [0.3, 0.4) is 0 Å². The molecule has 2 rings (SSSR count). The lowest BCUT2D eigenvalue weighted by molar-refractivity contribution is -0.112. The van der Waals surface area contributed by atoms with Gasteiger partial charge in [0.25, 0.3) is 5.91 Å². The Balaban J connectivity index is 2.08. The van der Waals surface area contributed by atoms with E-state index in [2.05, 4.69) is 10.1 Å². The van der Waals surface area contributed by atoms with Gasteiger partial charge in [0, 0.05) is 5.38 Å². The summed E-state index contributed by atoms with van der Waals surface area (Å²) in [6.45, 7) is 0.219. The fourth-order valence-electron chi connectivity index (χ4n) is 1.35. The number of carbonyl (C=O) groups is 1. The van der Waals surface area contributed by atoms with E-state index in [0.717, 1.165) is 5.56 Å². The molecule has 0 bridgehead atoms. The molecule has 2 aromatic rings. The maximum atomic E-state index is 11.2. The maximum Gasteiger partial charge on any atom is 0.294 e. The Labute approximate surface area is 113 Å². The van der Waals surface area contributed by atoms with Crippen molar-refractivity contribution in [2.45, 2.75) is 6.61 Å². The zero-order valence-electron chi connectivity index (χ0n) is 9.87. The summed E-state index contributed by atoms with van der Waals surface area (Å²) in [6, 6.07) is 9.39. The molecule has 1 amide bonds. The number of nitrogens with two attached hydrogens (primary N) is 1. The highest BCUT2D eigenvalue weighted by atomic mass is 32.1. The summed E-state index contributed by atoms with van der Waals surface area (Å²) in [7, 11) is 0. The minimum absolute atomic E-state index is 0.149. The van der Waals surface area contributed by atoms with E-state index in [4.69, 9.17) is 16.3 Å². The molecule has 0 aliphatic heterocycles. The summed E-state index contributed by atoms with van der Waals surface area (Å²) < 4.78 is 0. The van der Waals surface area contributed by atoms with Crippen LogP contribution in [0.1, 0.15) is 11.3 Å². The van der Waals surface area contributed by atoms with Crippen molar-refractivity contribution < 1.29 is 9.63 Å². The number of hydrogen-bond donors (Lipinski definition) is 1. The SMILES string of the molecule is [NH]C(=O)C(=NOCc1ccccc1)c1csc(N)n1. The van der Waals surface area contributed by atoms with E-state index < -0.39 is 5.91 Å². The zero-order valence-corrected chi connectivity index (χ0v) is 10.7. The number of nitrogens with zero attached hydrogens (tertiary/aromatic N) is 2. The van der Waals surface area contributed by atoms with Crippen molar-refractivity contribution in [3.05, 3.63) is 47.0 Å². The van der Waals surface area contributed by atoms with Crippen LogP contribution < -0.4 is 11.5 Å². The molecule has 0 spiro atoms. The highest BCUT2D eigenvalue weighted by Crippen LogP contribution is 2.12. The summed E-state index contributed by atoms with van der Waals surface area (Å²) in [5.74, 6) is -0.960. The normalized spacial score (nSPS) is 11.3. The zero-order chi connectivity index (χ0) is 13.7. The molecular weight excluding hydrogens is 264 g/mol. The van der Waals surface area contributed by atoms with E-state index in [9.17, 15) is 4.79 Å². The number of thiazole rings is 1. The van der Waals surface area contributed by atoms with Gasteiger partial charge in [-0.1, -0.05) is 35.5 Å². The predicted octanol–water partition coefficient (Wildman–Crippen LogP) is 1.46. The van der Waals surface area contributed by atoms with Crippen LogP contribution in [0.15, 0.2) is 40.9 Å². The quantitative estimate of drug-likeness (QED) is 0.659. The van der Waals surface area contributed by atoms with Gasteiger partial charge in [0.05, 0.1) is 0 Å². The number of nitrogen functional groups attached to an aromatic ring is 1. The first-order valence-corrected chi connectivity index (χ1v) is 6.26. The van der Waals surface area contributed by atoms with Crippen LogP contribution in [0.25, 0.3) is 0 Å². The molecule has 19 heavy (non-hydrogen) atoms. The van der Waals surface area contributed by atoms with E-state index in [0.29, 0.717) is 5.13 Å². The number of anilines is 1. The first kappa shape index (κ1) is 13.0. The molecule has 0 saturated heterocycles. The van der Waals surface area contributed by atoms with Crippen LogP contribution in [0.4, 0.5) is 5.13 Å². The predicted molar refractivity (Wildman–Crippen MR) is 72.4 cm³/mol. The van der Waals surface area contributed by atoms with Crippen LogP contribution in [0.2, 0.25) is 0 Å². The lowest BCUT2D eigenvalue weighted by Crippen LogP contribution is -2.17. The standard InChI is InChI=1S/C12H11N4O2S/c13-11(17)10(9-7-19-12(14)15-9)16-18-6-8-4-2-1-3-5-8/h1-5,7,13H,6H2,(H2,14,15). The molecule has 3 N–H and O–H groups in total. The van der Waals surface area contributed by atoms with Crippen LogP contribution in [-0.2, 0) is 16.2 Å². The molecular formula is C12H11N4O2S. The van der Waals surface area contributed by atoms with Gasteiger partial charge in [-0.15, -0.1) is 11.3 Å². The average molecular weight is 275 g/mol. The minimum Gasteiger partial charge on any atom is -0.390 e. The Morgan fingerprint density at radius 3 is 2.74 bits per heavy atom. The number of aromatic nitrogens is 1. The largest absolute Gasteiger partial charge is 0.390 e. The van der Waals surface area contributed by atoms with Crippen molar-refractivity contribution in [2.75, 3.05) is 5.73 Å². The van der Waals surface area contributed by atoms with Gasteiger partial charge in [0.2, 0.25) is 0 Å². The second-order valence-electron chi connectivity index (χ2n) is 3.60. The van der Waals surface area contributed by atoms with Gasteiger partial charge in [0.1, 0.15) is 12.3 Å². The van der Waals surface area contributed by atoms with E-state index >= 15 is 0 Å². The second kappa shape index (κ2) is 5.96.